The van der Waals surface area contributed by atoms with E-state index < -0.39 is 0 Å². The van der Waals surface area contributed by atoms with E-state index in [0.29, 0.717) is 0 Å². The van der Waals surface area contributed by atoms with E-state index in [4.69, 9.17) is 23.2 Å². The van der Waals surface area contributed by atoms with Gasteiger partial charge in [0.05, 0.1) is 5.02 Å². The lowest BCUT2D eigenvalue weighted by molar-refractivity contribution is 0.951. The van der Waals surface area contributed by atoms with E-state index in [2.05, 4.69) is 10.3 Å². The van der Waals surface area contributed by atoms with Gasteiger partial charge in [-0.3, -0.25) is 4.99 Å². The smallest absolute Gasteiger partial charge is 0.101 e. The summed E-state index contributed by atoms with van der Waals surface area (Å²) in [6, 6.07) is 13.7. The second kappa shape index (κ2) is 6.73. The van der Waals surface area contributed by atoms with Crippen molar-refractivity contribution in [2.75, 3.05) is 11.9 Å². The Morgan fingerprint density at radius 2 is 1.86 bits per heavy atom. The Bertz CT molecular complexity index is 668. The van der Waals surface area contributed by atoms with E-state index >= 15 is 0 Å². The number of anilines is 1. The highest BCUT2D eigenvalue weighted by molar-refractivity contribution is 7.99. The third kappa shape index (κ3) is 3.94. The summed E-state index contributed by atoms with van der Waals surface area (Å²) in [6.45, 7) is 0.917. The molecule has 0 bridgehead atoms. The Morgan fingerprint density at radius 3 is 2.52 bits per heavy atom. The predicted octanol–water partition coefficient (Wildman–Crippen LogP) is 5.75. The van der Waals surface area contributed by atoms with Crippen molar-refractivity contribution in [2.45, 2.75) is 22.6 Å². The number of rotatable bonds is 3. The molecule has 0 fully saturated rings. The van der Waals surface area contributed by atoms with Crippen molar-refractivity contribution in [1.29, 1.82) is 0 Å². The zero-order valence-electron chi connectivity index (χ0n) is 11.3. The van der Waals surface area contributed by atoms with Crippen LogP contribution in [0.3, 0.4) is 0 Å². The molecule has 0 aromatic heterocycles. The van der Waals surface area contributed by atoms with Crippen molar-refractivity contribution in [3.63, 3.8) is 0 Å². The second-order valence-electron chi connectivity index (χ2n) is 4.76. The summed E-state index contributed by atoms with van der Waals surface area (Å²) in [5.74, 6) is 1.05. The largest absolute Gasteiger partial charge is 0.344 e. The van der Waals surface area contributed by atoms with Crippen LogP contribution >= 0.6 is 35.0 Å². The van der Waals surface area contributed by atoms with Gasteiger partial charge in [0.2, 0.25) is 0 Å². The van der Waals surface area contributed by atoms with Gasteiger partial charge in [-0.25, -0.2) is 0 Å². The molecule has 0 amide bonds. The molecule has 0 saturated carbocycles. The molecular weight excluding hydrogens is 323 g/mol. The fourth-order valence-corrected chi connectivity index (χ4v) is 3.34. The molecule has 0 saturated heterocycles. The lowest BCUT2D eigenvalue weighted by Gasteiger charge is -2.09. The molecule has 0 radical (unpaired) electrons. The molecule has 21 heavy (non-hydrogen) atoms. The third-order valence-corrected chi connectivity index (χ3v) is 4.90. The van der Waals surface area contributed by atoms with Crippen LogP contribution in [0.4, 0.5) is 5.69 Å². The Kier molecular flexibility index (Phi) is 4.73. The van der Waals surface area contributed by atoms with E-state index in [1.54, 1.807) is 11.8 Å². The van der Waals surface area contributed by atoms with Gasteiger partial charge in [-0.15, -0.1) is 0 Å². The Labute approximate surface area is 138 Å². The Balaban J connectivity index is 1.73. The molecule has 0 atom stereocenters. The average Bonchev–Trinajstić information content (AvgIpc) is 2.97. The number of halogens is 2. The number of amidine groups is 1. The first-order chi connectivity index (χ1) is 10.2. The maximum atomic E-state index is 6.37. The highest BCUT2D eigenvalue weighted by Crippen LogP contribution is 2.35. The first kappa shape index (κ1) is 14.8. The van der Waals surface area contributed by atoms with Crippen LogP contribution in [-0.2, 0) is 0 Å². The van der Waals surface area contributed by atoms with Gasteiger partial charge in [0.1, 0.15) is 5.84 Å². The van der Waals surface area contributed by atoms with Gasteiger partial charge < -0.3 is 5.32 Å². The van der Waals surface area contributed by atoms with E-state index in [1.165, 1.54) is 0 Å². The van der Waals surface area contributed by atoms with Gasteiger partial charge in [-0.2, -0.15) is 0 Å². The lowest BCUT2D eigenvalue weighted by Crippen LogP contribution is -2.08. The standard InChI is InChI=1S/C16H14Cl2N2S/c17-11-3-6-13(7-4-11)21-15-8-5-12(10-14(15)18)20-16-2-1-9-19-16/h3-8,10H,1-2,9H2,(H,19,20). The van der Waals surface area contributed by atoms with Crippen LogP contribution in [0.2, 0.25) is 10.0 Å². The summed E-state index contributed by atoms with van der Waals surface area (Å²) in [6.07, 6.45) is 2.14. The molecule has 0 unspecified atom stereocenters. The number of benzene rings is 2. The Morgan fingerprint density at radius 1 is 1.05 bits per heavy atom. The molecule has 2 aromatic rings. The SMILES string of the molecule is Clc1ccc(Sc2ccc(NC3=NCCC3)cc2Cl)cc1. The summed E-state index contributed by atoms with van der Waals surface area (Å²) in [5, 5.41) is 4.79. The minimum Gasteiger partial charge on any atom is -0.344 e. The van der Waals surface area contributed by atoms with E-state index in [9.17, 15) is 0 Å². The summed E-state index contributed by atoms with van der Waals surface area (Å²) in [4.78, 5) is 6.54. The summed E-state index contributed by atoms with van der Waals surface area (Å²) >= 11 is 13.9. The van der Waals surface area contributed by atoms with Gasteiger partial charge in [0, 0.05) is 33.5 Å². The van der Waals surface area contributed by atoms with Crippen LogP contribution in [0.1, 0.15) is 12.8 Å². The van der Waals surface area contributed by atoms with Crippen molar-refractivity contribution >= 4 is 46.5 Å². The van der Waals surface area contributed by atoms with Crippen LogP contribution in [0.25, 0.3) is 0 Å². The fourth-order valence-electron chi connectivity index (χ4n) is 2.10. The van der Waals surface area contributed by atoms with Crippen molar-refractivity contribution < 1.29 is 0 Å². The fraction of sp³-hybridized carbons (Fsp3) is 0.188. The molecule has 0 spiro atoms. The van der Waals surface area contributed by atoms with Crippen LogP contribution in [0.15, 0.2) is 57.2 Å². The summed E-state index contributed by atoms with van der Waals surface area (Å²) < 4.78 is 0. The number of aliphatic imine (C=N–C) groups is 1. The van der Waals surface area contributed by atoms with Crippen LogP contribution in [0, 0.1) is 0 Å². The molecule has 1 aliphatic heterocycles. The van der Waals surface area contributed by atoms with Crippen LogP contribution in [-0.4, -0.2) is 12.4 Å². The number of hydrogen-bond acceptors (Lipinski definition) is 3. The highest BCUT2D eigenvalue weighted by atomic mass is 35.5. The zero-order chi connectivity index (χ0) is 14.7. The minimum absolute atomic E-state index is 0.735. The maximum Gasteiger partial charge on any atom is 0.101 e. The van der Waals surface area contributed by atoms with E-state index in [1.807, 2.05) is 42.5 Å². The number of nitrogens with zero attached hydrogens (tertiary/aromatic N) is 1. The quantitative estimate of drug-likeness (QED) is 0.771. The number of hydrogen-bond donors (Lipinski definition) is 1. The molecule has 1 N–H and O–H groups in total. The van der Waals surface area contributed by atoms with Crippen LogP contribution in [0.5, 0.6) is 0 Å². The third-order valence-electron chi connectivity index (χ3n) is 3.14. The Hall–Kier alpha value is -1.16. The molecule has 5 heteroatoms. The normalized spacial score (nSPS) is 14.1. The van der Waals surface area contributed by atoms with Crippen molar-refractivity contribution in [3.8, 4) is 0 Å². The van der Waals surface area contributed by atoms with Crippen LogP contribution < -0.4 is 5.32 Å². The highest BCUT2D eigenvalue weighted by Gasteiger charge is 2.08. The number of nitrogens with one attached hydrogen (secondary N) is 1. The zero-order valence-corrected chi connectivity index (χ0v) is 13.6. The molecule has 3 rings (SSSR count). The first-order valence-electron chi connectivity index (χ1n) is 6.74. The van der Waals surface area contributed by atoms with Crippen molar-refractivity contribution in [1.82, 2.24) is 0 Å². The second-order valence-corrected chi connectivity index (χ2v) is 6.72. The molecular formula is C16H14Cl2N2S. The minimum atomic E-state index is 0.735. The summed E-state index contributed by atoms with van der Waals surface area (Å²) in [7, 11) is 0. The molecule has 1 heterocycles. The maximum absolute atomic E-state index is 6.37. The lowest BCUT2D eigenvalue weighted by atomic mass is 10.3. The average molecular weight is 337 g/mol. The summed E-state index contributed by atoms with van der Waals surface area (Å²) in [5.41, 5.74) is 0.987. The van der Waals surface area contributed by atoms with E-state index in [0.717, 1.165) is 50.7 Å². The molecule has 2 aromatic carbocycles. The molecule has 1 aliphatic rings. The van der Waals surface area contributed by atoms with Crippen molar-refractivity contribution in [2.24, 2.45) is 4.99 Å². The molecule has 2 nitrogen and oxygen atoms in total. The molecule has 0 aliphatic carbocycles. The van der Waals surface area contributed by atoms with Crippen molar-refractivity contribution in [3.05, 3.63) is 52.5 Å². The first-order valence-corrected chi connectivity index (χ1v) is 8.31. The van der Waals surface area contributed by atoms with Gasteiger partial charge >= 0.3 is 0 Å². The monoisotopic (exact) mass is 336 g/mol. The molecule has 108 valence electrons. The predicted molar refractivity (Wildman–Crippen MR) is 92.2 cm³/mol. The van der Waals surface area contributed by atoms with Gasteiger partial charge in [-0.1, -0.05) is 35.0 Å². The van der Waals surface area contributed by atoms with E-state index in [-0.39, 0.29) is 0 Å². The van der Waals surface area contributed by atoms with Gasteiger partial charge in [0.25, 0.3) is 0 Å². The topological polar surface area (TPSA) is 24.4 Å². The van der Waals surface area contributed by atoms with Gasteiger partial charge in [-0.05, 0) is 48.9 Å². The van der Waals surface area contributed by atoms with Gasteiger partial charge in [0.15, 0.2) is 0 Å².